The number of hydrogen-bond donors (Lipinski definition) is 0. The molecule has 0 saturated heterocycles. The number of carbonyl (C=O) groups excluding carboxylic acids is 2. The molecule has 0 bridgehead atoms. The predicted molar refractivity (Wildman–Crippen MR) is 98.5 cm³/mol. The monoisotopic (exact) mass is 359 g/mol. The molecule has 0 aliphatic rings. The summed E-state index contributed by atoms with van der Waals surface area (Å²) < 4.78 is 5.12. The number of aromatic nitrogens is 1. The van der Waals surface area contributed by atoms with Crippen molar-refractivity contribution >= 4 is 23.4 Å². The summed E-state index contributed by atoms with van der Waals surface area (Å²) in [6.07, 6.45) is 1.48. The van der Waals surface area contributed by atoms with Crippen LogP contribution in [0.25, 0.3) is 0 Å². The third kappa shape index (κ3) is 4.67. The van der Waals surface area contributed by atoms with Gasteiger partial charge in [0.05, 0.1) is 5.56 Å². The summed E-state index contributed by atoms with van der Waals surface area (Å²) in [5, 5.41) is 0.0594. The summed E-state index contributed by atoms with van der Waals surface area (Å²) in [5.74, 6) is -0.308. The second kappa shape index (κ2) is 8.26. The van der Waals surface area contributed by atoms with E-state index >= 15 is 0 Å². The number of esters is 1. The summed E-state index contributed by atoms with van der Waals surface area (Å²) in [4.78, 5) is 28.4. The zero-order chi connectivity index (χ0) is 18.6. The van der Waals surface area contributed by atoms with Crippen LogP contribution in [0.1, 0.15) is 71.4 Å². The van der Waals surface area contributed by atoms with E-state index in [4.69, 9.17) is 16.3 Å². The molecule has 132 valence electrons. The maximum absolute atomic E-state index is 12.5. The Hall–Kier alpha value is -2.20. The third-order valence-corrected chi connectivity index (χ3v) is 4.28. The molecular formula is C20H22ClNO3. The lowest BCUT2D eigenvalue weighted by Gasteiger charge is -2.15. The van der Waals surface area contributed by atoms with Crippen LogP contribution < -0.4 is 0 Å². The maximum atomic E-state index is 12.5. The van der Waals surface area contributed by atoms with Gasteiger partial charge in [-0.05, 0) is 35.1 Å². The van der Waals surface area contributed by atoms with E-state index in [0.29, 0.717) is 11.5 Å². The van der Waals surface area contributed by atoms with Gasteiger partial charge in [-0.1, -0.05) is 57.5 Å². The van der Waals surface area contributed by atoms with Crippen LogP contribution in [0.4, 0.5) is 0 Å². The first-order valence-electron chi connectivity index (χ1n) is 8.26. The summed E-state index contributed by atoms with van der Waals surface area (Å²) in [6, 6.07) is 8.93. The highest BCUT2D eigenvalue weighted by Gasteiger charge is 2.19. The van der Waals surface area contributed by atoms with Crippen molar-refractivity contribution in [3.8, 4) is 0 Å². The largest absolute Gasteiger partial charge is 0.454 e. The van der Waals surface area contributed by atoms with Crippen LogP contribution in [0, 0.1) is 0 Å². The SMILES string of the molecule is CC(C)c1ccc(C(=O)COC(=O)c2cccnc2Cl)c(C(C)C)c1. The van der Waals surface area contributed by atoms with Crippen LogP contribution in [0.3, 0.4) is 0 Å². The Morgan fingerprint density at radius 2 is 1.80 bits per heavy atom. The molecule has 25 heavy (non-hydrogen) atoms. The van der Waals surface area contributed by atoms with Gasteiger partial charge in [-0.25, -0.2) is 9.78 Å². The smallest absolute Gasteiger partial charge is 0.341 e. The maximum Gasteiger partial charge on any atom is 0.341 e. The molecule has 2 aromatic rings. The van der Waals surface area contributed by atoms with Gasteiger partial charge in [0.2, 0.25) is 5.78 Å². The van der Waals surface area contributed by atoms with Crippen LogP contribution in [-0.2, 0) is 4.74 Å². The number of Topliss-reactive ketones (excluding diaryl/α,β-unsaturated/α-hetero) is 1. The Labute approximate surface area is 153 Å². The number of halogens is 1. The zero-order valence-electron chi connectivity index (χ0n) is 14.9. The van der Waals surface area contributed by atoms with Crippen LogP contribution in [0.15, 0.2) is 36.5 Å². The first-order chi connectivity index (χ1) is 11.8. The number of benzene rings is 1. The molecule has 5 heteroatoms. The van der Waals surface area contributed by atoms with Gasteiger partial charge in [0.1, 0.15) is 5.15 Å². The number of carbonyl (C=O) groups is 2. The molecule has 0 saturated carbocycles. The fraction of sp³-hybridized carbons (Fsp3) is 0.350. The Morgan fingerprint density at radius 3 is 2.40 bits per heavy atom. The highest BCUT2D eigenvalue weighted by atomic mass is 35.5. The van der Waals surface area contributed by atoms with E-state index in [1.54, 1.807) is 6.07 Å². The Bertz CT molecular complexity index is 784. The Balaban J connectivity index is 2.15. The van der Waals surface area contributed by atoms with Gasteiger partial charge in [0.25, 0.3) is 0 Å². The molecule has 0 amide bonds. The van der Waals surface area contributed by atoms with Crippen molar-refractivity contribution in [3.05, 3.63) is 63.9 Å². The highest BCUT2D eigenvalue weighted by molar-refractivity contribution is 6.32. The topological polar surface area (TPSA) is 56.3 Å². The summed E-state index contributed by atoms with van der Waals surface area (Å²) in [7, 11) is 0. The van der Waals surface area contributed by atoms with Crippen LogP contribution in [0.5, 0.6) is 0 Å². The number of ketones is 1. The van der Waals surface area contributed by atoms with Crippen molar-refractivity contribution in [1.29, 1.82) is 0 Å². The van der Waals surface area contributed by atoms with Gasteiger partial charge in [-0.2, -0.15) is 0 Å². The molecule has 0 N–H and O–H groups in total. The van der Waals surface area contributed by atoms with E-state index in [1.165, 1.54) is 17.8 Å². The zero-order valence-corrected chi connectivity index (χ0v) is 15.6. The normalized spacial score (nSPS) is 11.0. The molecule has 0 unspecified atom stereocenters. The standard InChI is InChI=1S/C20H22ClNO3/c1-12(2)14-7-8-15(17(10-14)13(3)4)18(23)11-25-20(24)16-6-5-9-22-19(16)21/h5-10,12-13H,11H2,1-4H3. The second-order valence-corrected chi connectivity index (χ2v) is 6.86. The number of ether oxygens (including phenoxy) is 1. The summed E-state index contributed by atoms with van der Waals surface area (Å²) >= 11 is 5.87. The fourth-order valence-corrected chi connectivity index (χ4v) is 2.69. The lowest BCUT2D eigenvalue weighted by molar-refractivity contribution is 0.0474. The van der Waals surface area contributed by atoms with E-state index in [1.807, 2.05) is 26.0 Å². The molecular weight excluding hydrogens is 338 g/mol. The van der Waals surface area contributed by atoms with Crippen LogP contribution >= 0.6 is 11.6 Å². The minimum absolute atomic E-state index is 0.0594. The third-order valence-electron chi connectivity index (χ3n) is 3.98. The molecule has 1 aromatic heterocycles. The summed E-state index contributed by atoms with van der Waals surface area (Å²) in [5.41, 5.74) is 2.88. The van der Waals surface area contributed by atoms with E-state index in [0.717, 1.165) is 5.56 Å². The van der Waals surface area contributed by atoms with Gasteiger partial charge in [0, 0.05) is 11.8 Å². The van der Waals surface area contributed by atoms with Gasteiger partial charge in [-0.15, -0.1) is 0 Å². The molecule has 0 aliphatic carbocycles. The van der Waals surface area contributed by atoms with Crippen molar-refractivity contribution in [2.75, 3.05) is 6.61 Å². The van der Waals surface area contributed by atoms with Crippen LogP contribution in [-0.4, -0.2) is 23.3 Å². The molecule has 0 radical (unpaired) electrons. The Morgan fingerprint density at radius 1 is 1.08 bits per heavy atom. The average molecular weight is 360 g/mol. The van der Waals surface area contributed by atoms with Crippen LogP contribution in [0.2, 0.25) is 5.15 Å². The lowest BCUT2D eigenvalue weighted by Crippen LogP contribution is -2.16. The van der Waals surface area contributed by atoms with Gasteiger partial charge >= 0.3 is 5.97 Å². The van der Waals surface area contributed by atoms with Crippen molar-refractivity contribution < 1.29 is 14.3 Å². The first kappa shape index (κ1) is 19.1. The lowest BCUT2D eigenvalue weighted by atomic mass is 9.90. The minimum Gasteiger partial charge on any atom is -0.454 e. The van der Waals surface area contributed by atoms with Crippen molar-refractivity contribution in [3.63, 3.8) is 0 Å². The molecule has 0 fully saturated rings. The van der Waals surface area contributed by atoms with E-state index < -0.39 is 5.97 Å². The highest BCUT2D eigenvalue weighted by Crippen LogP contribution is 2.25. The quantitative estimate of drug-likeness (QED) is 0.412. The van der Waals surface area contributed by atoms with Crippen molar-refractivity contribution in [2.45, 2.75) is 39.5 Å². The minimum atomic E-state index is -0.656. The van der Waals surface area contributed by atoms with Crippen molar-refractivity contribution in [1.82, 2.24) is 4.98 Å². The Kier molecular flexibility index (Phi) is 6.32. The van der Waals surface area contributed by atoms with E-state index in [-0.39, 0.29) is 29.0 Å². The average Bonchev–Trinajstić information content (AvgIpc) is 2.59. The molecule has 4 nitrogen and oxygen atoms in total. The number of hydrogen-bond acceptors (Lipinski definition) is 4. The van der Waals surface area contributed by atoms with E-state index in [9.17, 15) is 9.59 Å². The van der Waals surface area contributed by atoms with Gasteiger partial charge in [-0.3, -0.25) is 4.79 Å². The van der Waals surface area contributed by atoms with Gasteiger partial charge < -0.3 is 4.74 Å². The van der Waals surface area contributed by atoms with Crippen molar-refractivity contribution in [2.24, 2.45) is 0 Å². The molecule has 1 aromatic carbocycles. The fourth-order valence-electron chi connectivity index (χ4n) is 2.50. The molecule has 0 aliphatic heterocycles. The van der Waals surface area contributed by atoms with Gasteiger partial charge in [0.15, 0.2) is 6.61 Å². The molecule has 0 atom stereocenters. The number of rotatable bonds is 6. The first-order valence-corrected chi connectivity index (χ1v) is 8.63. The van der Waals surface area contributed by atoms with E-state index in [2.05, 4.69) is 24.9 Å². The molecule has 1 heterocycles. The molecule has 0 spiro atoms. The number of pyridine rings is 1. The summed E-state index contributed by atoms with van der Waals surface area (Å²) in [6.45, 7) is 7.97. The second-order valence-electron chi connectivity index (χ2n) is 6.50. The molecule has 2 rings (SSSR count). The number of nitrogens with zero attached hydrogens (tertiary/aromatic N) is 1. The predicted octanol–water partition coefficient (Wildman–Crippen LogP) is 5.02.